The molecule has 0 aromatic heterocycles. The molecule has 1 aliphatic rings. The maximum atomic E-state index is 13.0. The zero-order valence-electron chi connectivity index (χ0n) is 21.0. The smallest absolute Gasteiger partial charge is 0.338 e. The number of nitrogens with one attached hydrogen (secondary N) is 1. The predicted octanol–water partition coefficient (Wildman–Crippen LogP) is 7.48. The number of rotatable bonds is 7. The molecule has 3 aromatic carbocycles. The molecule has 0 spiro atoms. The van der Waals surface area contributed by atoms with E-state index in [0.717, 1.165) is 36.1 Å². The molecule has 0 aliphatic heterocycles. The van der Waals surface area contributed by atoms with E-state index in [1.165, 1.54) is 16.7 Å². The second-order valence-corrected chi connectivity index (χ2v) is 9.82. The Kier molecular flexibility index (Phi) is 7.72. The minimum absolute atomic E-state index is 0.0802. The Bertz CT molecular complexity index is 1180. The van der Waals surface area contributed by atoms with Crippen molar-refractivity contribution in [3.8, 4) is 11.1 Å². The molecule has 3 atom stereocenters. The van der Waals surface area contributed by atoms with Gasteiger partial charge in [0.05, 0.1) is 5.56 Å². The van der Waals surface area contributed by atoms with Crippen LogP contribution in [0.4, 0.5) is 18.0 Å². The van der Waals surface area contributed by atoms with Crippen molar-refractivity contribution in [2.24, 2.45) is 5.92 Å². The van der Waals surface area contributed by atoms with Gasteiger partial charge in [-0.2, -0.15) is 13.2 Å². The second-order valence-electron chi connectivity index (χ2n) is 9.82. The molecule has 0 heterocycles. The monoisotopic (exact) mass is 494 g/mol. The first-order valence-electron chi connectivity index (χ1n) is 12.5. The Morgan fingerprint density at radius 3 is 2.31 bits per heavy atom. The number of halogens is 3. The average Bonchev–Trinajstić information content (AvgIpc) is 3.12. The molecule has 1 aliphatic carbocycles. The van der Waals surface area contributed by atoms with Crippen LogP contribution in [0.1, 0.15) is 54.4 Å². The van der Waals surface area contributed by atoms with Crippen molar-refractivity contribution >= 4 is 6.03 Å². The fraction of sp³-hybridized carbons (Fsp3) is 0.367. The van der Waals surface area contributed by atoms with Crippen LogP contribution in [-0.4, -0.2) is 31.1 Å². The Labute approximate surface area is 211 Å². The fourth-order valence-corrected chi connectivity index (χ4v) is 5.35. The Balaban J connectivity index is 1.42. The van der Waals surface area contributed by atoms with Gasteiger partial charge in [-0.1, -0.05) is 74.5 Å². The number of carbonyl (C=O) groups excluding carboxylic acids is 1. The molecule has 6 heteroatoms. The van der Waals surface area contributed by atoms with Crippen LogP contribution in [0.3, 0.4) is 0 Å². The largest absolute Gasteiger partial charge is 0.416 e. The first-order valence-corrected chi connectivity index (χ1v) is 12.5. The lowest BCUT2D eigenvalue weighted by Gasteiger charge is -2.23. The van der Waals surface area contributed by atoms with Crippen LogP contribution in [0, 0.1) is 5.92 Å². The molecule has 3 nitrogen and oxygen atoms in total. The minimum atomic E-state index is -4.34. The zero-order chi connectivity index (χ0) is 25.9. The quantitative estimate of drug-likeness (QED) is 0.363. The van der Waals surface area contributed by atoms with Crippen LogP contribution in [0.5, 0.6) is 0 Å². The molecule has 3 aromatic rings. The molecule has 2 unspecified atom stereocenters. The Morgan fingerprint density at radius 1 is 0.944 bits per heavy atom. The normalized spacial score (nSPS) is 19.1. The van der Waals surface area contributed by atoms with E-state index in [9.17, 15) is 18.0 Å². The Hall–Kier alpha value is -3.28. The highest BCUT2D eigenvalue weighted by atomic mass is 19.4. The molecule has 0 saturated heterocycles. The maximum absolute atomic E-state index is 13.0. The van der Waals surface area contributed by atoms with E-state index in [0.29, 0.717) is 19.0 Å². The molecule has 0 saturated carbocycles. The standard InChI is InChI=1S/C30H33F3N2O/c1-20-21(2)28-26(23-12-14-24(15-13-23)30(31,32)33)10-7-11-27(28)25(20)17-19-35(3)29(36)34-18-16-22-8-5-4-6-9-22/h4-15,20-21,25H,16-19H2,1-3H3,(H,34,36)/t20-,21?,25?/m1/s1. The van der Waals surface area contributed by atoms with Crippen LogP contribution < -0.4 is 5.32 Å². The van der Waals surface area contributed by atoms with E-state index in [1.54, 1.807) is 17.0 Å². The second kappa shape index (κ2) is 10.8. The summed E-state index contributed by atoms with van der Waals surface area (Å²) in [7, 11) is 1.82. The highest BCUT2D eigenvalue weighted by molar-refractivity contribution is 5.74. The topological polar surface area (TPSA) is 32.3 Å². The number of carbonyl (C=O) groups is 1. The van der Waals surface area contributed by atoms with Gasteiger partial charge in [-0.25, -0.2) is 4.79 Å². The third-order valence-corrected chi connectivity index (χ3v) is 7.60. The van der Waals surface area contributed by atoms with Crippen LogP contribution in [0.15, 0.2) is 72.8 Å². The number of alkyl halides is 3. The van der Waals surface area contributed by atoms with Gasteiger partial charge >= 0.3 is 12.2 Å². The van der Waals surface area contributed by atoms with Crippen LogP contribution in [0.25, 0.3) is 11.1 Å². The van der Waals surface area contributed by atoms with Crippen molar-refractivity contribution < 1.29 is 18.0 Å². The van der Waals surface area contributed by atoms with E-state index in [-0.39, 0.29) is 17.9 Å². The molecule has 2 amide bonds. The number of urea groups is 1. The summed E-state index contributed by atoms with van der Waals surface area (Å²) in [6.07, 6.45) is -2.72. The van der Waals surface area contributed by atoms with Gasteiger partial charge in [-0.3, -0.25) is 0 Å². The molecule has 190 valence electrons. The lowest BCUT2D eigenvalue weighted by Crippen LogP contribution is -2.39. The first kappa shape index (κ1) is 25.8. The molecular formula is C30H33F3N2O. The number of fused-ring (bicyclic) bond motifs is 1. The summed E-state index contributed by atoms with van der Waals surface area (Å²) in [5.74, 6) is 0.919. The van der Waals surface area contributed by atoms with Gasteiger partial charge in [0.1, 0.15) is 0 Å². The van der Waals surface area contributed by atoms with Crippen molar-refractivity contribution in [3.63, 3.8) is 0 Å². The summed E-state index contributed by atoms with van der Waals surface area (Å²) < 4.78 is 39.1. The maximum Gasteiger partial charge on any atom is 0.416 e. The lowest BCUT2D eigenvalue weighted by molar-refractivity contribution is -0.137. The average molecular weight is 495 g/mol. The summed E-state index contributed by atoms with van der Waals surface area (Å²) in [6.45, 7) is 5.63. The molecule has 0 radical (unpaired) electrons. The van der Waals surface area contributed by atoms with Crippen LogP contribution >= 0.6 is 0 Å². The number of nitrogens with zero attached hydrogens (tertiary/aromatic N) is 1. The van der Waals surface area contributed by atoms with E-state index in [1.807, 2.05) is 37.4 Å². The van der Waals surface area contributed by atoms with Gasteiger partial charge in [0.2, 0.25) is 0 Å². The zero-order valence-corrected chi connectivity index (χ0v) is 21.0. The van der Waals surface area contributed by atoms with Crippen molar-refractivity contribution in [2.45, 2.75) is 44.7 Å². The first-order chi connectivity index (χ1) is 17.2. The molecule has 0 bridgehead atoms. The number of amides is 2. The van der Waals surface area contributed by atoms with Gasteiger partial charge < -0.3 is 10.2 Å². The third kappa shape index (κ3) is 5.58. The summed E-state index contributed by atoms with van der Waals surface area (Å²) in [5, 5.41) is 3.00. The minimum Gasteiger partial charge on any atom is -0.338 e. The predicted molar refractivity (Wildman–Crippen MR) is 138 cm³/mol. The number of hydrogen-bond acceptors (Lipinski definition) is 1. The summed E-state index contributed by atoms with van der Waals surface area (Å²) >= 11 is 0. The molecular weight excluding hydrogens is 461 g/mol. The highest BCUT2D eigenvalue weighted by Gasteiger charge is 2.37. The van der Waals surface area contributed by atoms with Crippen molar-refractivity contribution in [3.05, 3.63) is 95.1 Å². The van der Waals surface area contributed by atoms with Crippen LogP contribution in [0.2, 0.25) is 0 Å². The lowest BCUT2D eigenvalue weighted by atomic mass is 9.87. The molecule has 0 fully saturated rings. The van der Waals surface area contributed by atoms with Gasteiger partial charge in [-0.05, 0) is 70.5 Å². The summed E-state index contributed by atoms with van der Waals surface area (Å²) in [6, 6.07) is 21.5. The molecule has 36 heavy (non-hydrogen) atoms. The van der Waals surface area contributed by atoms with E-state index < -0.39 is 11.7 Å². The molecule has 1 N–H and O–H groups in total. The van der Waals surface area contributed by atoms with Gasteiger partial charge in [-0.15, -0.1) is 0 Å². The van der Waals surface area contributed by atoms with Crippen molar-refractivity contribution in [1.29, 1.82) is 0 Å². The van der Waals surface area contributed by atoms with Crippen molar-refractivity contribution in [1.82, 2.24) is 10.2 Å². The van der Waals surface area contributed by atoms with Gasteiger partial charge in [0.25, 0.3) is 0 Å². The Morgan fingerprint density at radius 2 is 1.64 bits per heavy atom. The van der Waals surface area contributed by atoms with E-state index in [4.69, 9.17) is 0 Å². The van der Waals surface area contributed by atoms with E-state index in [2.05, 4.69) is 37.4 Å². The fourth-order valence-electron chi connectivity index (χ4n) is 5.35. The van der Waals surface area contributed by atoms with Crippen molar-refractivity contribution in [2.75, 3.05) is 20.1 Å². The van der Waals surface area contributed by atoms with Crippen LogP contribution in [-0.2, 0) is 12.6 Å². The molecule has 4 rings (SSSR count). The van der Waals surface area contributed by atoms with Gasteiger partial charge in [0, 0.05) is 20.1 Å². The van der Waals surface area contributed by atoms with E-state index >= 15 is 0 Å². The summed E-state index contributed by atoms with van der Waals surface area (Å²) in [5.41, 5.74) is 4.80. The number of hydrogen-bond donors (Lipinski definition) is 1. The SMILES string of the molecule is CC1c2c(-c3ccc(C(F)(F)F)cc3)cccc2C(CCN(C)C(=O)NCCc2ccccc2)[C@@H]1C. The summed E-state index contributed by atoms with van der Waals surface area (Å²) in [4.78, 5) is 14.3. The highest BCUT2D eigenvalue weighted by Crippen LogP contribution is 2.51. The number of benzene rings is 3. The van der Waals surface area contributed by atoms with Gasteiger partial charge in [0.15, 0.2) is 0 Å². The third-order valence-electron chi connectivity index (χ3n) is 7.60.